The summed E-state index contributed by atoms with van der Waals surface area (Å²) in [5.74, 6) is 1.08. The van der Waals surface area contributed by atoms with Crippen molar-refractivity contribution in [2.75, 3.05) is 17.2 Å². The third-order valence-corrected chi connectivity index (χ3v) is 7.29. The first kappa shape index (κ1) is 25.4. The lowest BCUT2D eigenvalue weighted by Gasteiger charge is -2.23. The molecule has 3 aliphatic heterocycles. The summed E-state index contributed by atoms with van der Waals surface area (Å²) in [5.41, 5.74) is 4.36. The van der Waals surface area contributed by atoms with E-state index in [1.165, 1.54) is 23.9 Å². The Labute approximate surface area is 224 Å². The monoisotopic (exact) mass is 529 g/mol. The Morgan fingerprint density at radius 1 is 1.21 bits per heavy atom. The quantitative estimate of drug-likeness (QED) is 0.161. The molecular formula is C27H27N7O3S. The number of nitro groups is 1. The summed E-state index contributed by atoms with van der Waals surface area (Å²) in [5, 5.41) is 18.0. The lowest BCUT2D eigenvalue weighted by Crippen LogP contribution is -2.31. The number of nitrogens with zero attached hydrogens (tertiary/aromatic N) is 5. The molecule has 2 aromatic rings. The number of hydrogen-bond donors (Lipinski definition) is 2. The van der Waals surface area contributed by atoms with Gasteiger partial charge in [-0.1, -0.05) is 36.9 Å². The number of rotatable bonds is 10. The zero-order valence-corrected chi connectivity index (χ0v) is 21.8. The fourth-order valence-corrected chi connectivity index (χ4v) is 4.98. The van der Waals surface area contributed by atoms with Gasteiger partial charge in [0.2, 0.25) is 5.91 Å². The van der Waals surface area contributed by atoms with Gasteiger partial charge in [-0.2, -0.15) is 0 Å². The number of imidazole rings is 1. The maximum Gasteiger partial charge on any atom is 0.269 e. The van der Waals surface area contributed by atoms with Crippen molar-refractivity contribution in [2.45, 2.75) is 43.3 Å². The Morgan fingerprint density at radius 2 is 2.00 bits per heavy atom. The lowest BCUT2D eigenvalue weighted by molar-refractivity contribution is -0.384. The molecule has 194 valence electrons. The maximum atomic E-state index is 13.5. The van der Waals surface area contributed by atoms with E-state index in [4.69, 9.17) is 4.98 Å². The predicted molar refractivity (Wildman–Crippen MR) is 149 cm³/mol. The number of pyridine rings is 1. The SMILES string of the molecule is CCC(C(=O)Nc1cc(NC2C=NC2)ccc1C)n1cccc2nc(SCc3ccc([N+](=O)[O-])cc3)nc1-2. The van der Waals surface area contributed by atoms with Crippen LogP contribution in [0.4, 0.5) is 17.1 Å². The molecule has 11 heteroatoms. The first-order valence-corrected chi connectivity index (χ1v) is 13.3. The number of aliphatic imine (C=N–C) groups is 1. The predicted octanol–water partition coefficient (Wildman–Crippen LogP) is 5.35. The van der Waals surface area contributed by atoms with Crippen LogP contribution in [-0.2, 0) is 10.5 Å². The van der Waals surface area contributed by atoms with E-state index in [-0.39, 0.29) is 17.6 Å². The summed E-state index contributed by atoms with van der Waals surface area (Å²) in [6.07, 6.45) is 4.31. The summed E-state index contributed by atoms with van der Waals surface area (Å²) in [6, 6.07) is 15.9. The number of fused-ring (bicyclic) bond motifs is 1. The van der Waals surface area contributed by atoms with Crippen LogP contribution in [0.5, 0.6) is 0 Å². The molecule has 38 heavy (non-hydrogen) atoms. The molecule has 0 aromatic heterocycles. The minimum Gasteiger partial charge on any atom is -0.375 e. The van der Waals surface area contributed by atoms with Crippen LogP contribution in [-0.4, -0.2) is 44.2 Å². The molecule has 2 N–H and O–H groups in total. The molecule has 0 radical (unpaired) electrons. The van der Waals surface area contributed by atoms with Gasteiger partial charge in [-0.15, -0.1) is 0 Å². The van der Waals surface area contributed by atoms with Crippen LogP contribution in [0.15, 0.2) is 70.9 Å². The largest absolute Gasteiger partial charge is 0.375 e. The Bertz CT molecular complexity index is 1470. The second-order valence-corrected chi connectivity index (χ2v) is 9.99. The van der Waals surface area contributed by atoms with E-state index in [1.807, 2.05) is 61.2 Å². The molecule has 3 aliphatic rings. The second kappa shape index (κ2) is 11.0. The number of aromatic nitrogens is 3. The number of non-ortho nitro benzene ring substituents is 1. The molecule has 0 saturated carbocycles. The normalized spacial score (nSPS) is 15.2. The topological polar surface area (TPSA) is 127 Å². The molecule has 2 unspecified atom stereocenters. The van der Waals surface area contributed by atoms with Crippen LogP contribution in [0.25, 0.3) is 11.5 Å². The molecule has 1 amide bonds. The molecule has 5 rings (SSSR count). The minimum atomic E-state index is -0.474. The molecule has 2 aromatic carbocycles. The fourth-order valence-electron chi connectivity index (χ4n) is 4.18. The van der Waals surface area contributed by atoms with Crippen molar-refractivity contribution in [1.29, 1.82) is 0 Å². The van der Waals surface area contributed by atoms with Crippen molar-refractivity contribution in [2.24, 2.45) is 4.99 Å². The van der Waals surface area contributed by atoms with Gasteiger partial charge in [0.1, 0.15) is 11.7 Å². The number of carbonyl (C=O) groups is 1. The molecular weight excluding hydrogens is 502 g/mol. The molecule has 3 heterocycles. The number of aryl methyl sites for hydroxylation is 1. The van der Waals surface area contributed by atoms with E-state index in [0.29, 0.717) is 28.8 Å². The number of nitrogens with one attached hydrogen (secondary N) is 2. The van der Waals surface area contributed by atoms with Crippen molar-refractivity contribution in [1.82, 2.24) is 14.5 Å². The van der Waals surface area contributed by atoms with Gasteiger partial charge in [-0.25, -0.2) is 9.97 Å². The smallest absolute Gasteiger partial charge is 0.269 e. The van der Waals surface area contributed by atoms with Gasteiger partial charge in [-0.05, 0) is 48.7 Å². The van der Waals surface area contributed by atoms with Crippen LogP contribution < -0.4 is 10.6 Å². The van der Waals surface area contributed by atoms with Crippen molar-refractivity contribution < 1.29 is 9.72 Å². The average molecular weight is 530 g/mol. The maximum absolute atomic E-state index is 13.5. The summed E-state index contributed by atoms with van der Waals surface area (Å²) >= 11 is 1.45. The van der Waals surface area contributed by atoms with Gasteiger partial charge in [-0.3, -0.25) is 19.9 Å². The number of nitro benzene ring substituents is 1. The Morgan fingerprint density at radius 3 is 2.68 bits per heavy atom. The van der Waals surface area contributed by atoms with Crippen molar-refractivity contribution in [3.63, 3.8) is 0 Å². The van der Waals surface area contributed by atoms with Crippen molar-refractivity contribution in [3.8, 4) is 11.5 Å². The van der Waals surface area contributed by atoms with Crippen LogP contribution in [0.1, 0.15) is 30.5 Å². The van der Waals surface area contributed by atoms with Crippen LogP contribution in [0.3, 0.4) is 0 Å². The van der Waals surface area contributed by atoms with E-state index in [9.17, 15) is 14.9 Å². The van der Waals surface area contributed by atoms with Crippen molar-refractivity contribution >= 4 is 40.9 Å². The zero-order chi connectivity index (χ0) is 26.6. The van der Waals surface area contributed by atoms with E-state index >= 15 is 0 Å². The molecule has 2 atom stereocenters. The highest BCUT2D eigenvalue weighted by atomic mass is 32.2. The van der Waals surface area contributed by atoms with Crippen LogP contribution in [0, 0.1) is 17.0 Å². The number of hydrogen-bond acceptors (Lipinski definition) is 8. The highest BCUT2D eigenvalue weighted by Gasteiger charge is 2.25. The van der Waals surface area contributed by atoms with Gasteiger partial charge < -0.3 is 15.2 Å². The number of anilines is 2. The average Bonchev–Trinajstić information content (AvgIpc) is 3.31. The molecule has 0 fully saturated rings. The third-order valence-electron chi connectivity index (χ3n) is 6.37. The fraction of sp³-hybridized carbons (Fsp3) is 0.259. The van der Waals surface area contributed by atoms with Gasteiger partial charge in [0.15, 0.2) is 11.0 Å². The molecule has 10 nitrogen and oxygen atoms in total. The number of carbonyl (C=O) groups excluding carboxylic acids is 1. The zero-order valence-electron chi connectivity index (χ0n) is 21.0. The first-order chi connectivity index (χ1) is 18.4. The first-order valence-electron chi connectivity index (χ1n) is 12.3. The van der Waals surface area contributed by atoms with E-state index in [0.717, 1.165) is 29.0 Å². The number of benzene rings is 2. The van der Waals surface area contributed by atoms with Crippen LogP contribution in [0.2, 0.25) is 0 Å². The minimum absolute atomic E-state index is 0.0602. The van der Waals surface area contributed by atoms with E-state index < -0.39 is 11.0 Å². The molecule has 0 bridgehead atoms. The van der Waals surface area contributed by atoms with Gasteiger partial charge in [0, 0.05) is 41.7 Å². The van der Waals surface area contributed by atoms with E-state index in [1.54, 1.807) is 12.1 Å². The van der Waals surface area contributed by atoms with Crippen LogP contribution >= 0.6 is 11.8 Å². The van der Waals surface area contributed by atoms with Gasteiger partial charge in [0.05, 0.1) is 17.5 Å². The number of thioether (sulfide) groups is 1. The Kier molecular flexibility index (Phi) is 7.36. The summed E-state index contributed by atoms with van der Waals surface area (Å²) < 4.78 is 1.87. The van der Waals surface area contributed by atoms with Crippen molar-refractivity contribution in [3.05, 3.63) is 82.0 Å². The molecule has 0 spiro atoms. The Balaban J connectivity index is 1.32. The summed E-state index contributed by atoms with van der Waals surface area (Å²) in [6.45, 7) is 4.69. The second-order valence-electron chi connectivity index (χ2n) is 9.05. The summed E-state index contributed by atoms with van der Waals surface area (Å²) in [4.78, 5) is 37.4. The molecule has 0 aliphatic carbocycles. The number of amides is 1. The Hall–Kier alpha value is -4.25. The van der Waals surface area contributed by atoms with E-state index in [2.05, 4.69) is 20.6 Å². The standard InChI is InChI=1S/C27H27N7O3S/c1-3-24(26(35)30-23-13-19(9-6-17(23)2)29-20-14-28-15-20)33-12-4-5-22-25(33)32-27(31-22)38-16-18-7-10-21(11-8-18)34(36)37/h4-14,20,24,29H,3,15-16H2,1-2H3,(H,30,35). The highest BCUT2D eigenvalue weighted by Crippen LogP contribution is 2.30. The van der Waals surface area contributed by atoms with Gasteiger partial charge in [0.25, 0.3) is 5.69 Å². The lowest BCUT2D eigenvalue weighted by atomic mass is 10.1. The molecule has 0 saturated heterocycles. The summed E-state index contributed by atoms with van der Waals surface area (Å²) in [7, 11) is 0. The third kappa shape index (κ3) is 5.52. The van der Waals surface area contributed by atoms with Gasteiger partial charge >= 0.3 is 0 Å². The highest BCUT2D eigenvalue weighted by molar-refractivity contribution is 7.98.